The molecule has 0 aliphatic rings. The first-order chi connectivity index (χ1) is 13.1. The lowest BCUT2D eigenvalue weighted by Crippen LogP contribution is -1.99. The van der Waals surface area contributed by atoms with Gasteiger partial charge in [-0.3, -0.25) is 4.99 Å². The van der Waals surface area contributed by atoms with Crippen molar-refractivity contribution in [1.29, 1.82) is 0 Å². The molecule has 5 heteroatoms. The second-order valence-electron chi connectivity index (χ2n) is 5.95. The zero-order chi connectivity index (χ0) is 19.2. The van der Waals surface area contributed by atoms with Gasteiger partial charge in [0.2, 0.25) is 0 Å². The van der Waals surface area contributed by atoms with Crippen LogP contribution in [0.2, 0.25) is 10.0 Å². The molecule has 138 valence electrons. The molecule has 0 radical (unpaired) electrons. The highest BCUT2D eigenvalue weighted by atomic mass is 35.5. The average Bonchev–Trinajstić information content (AvgIpc) is 2.68. The normalized spacial score (nSPS) is 11.0. The van der Waals surface area contributed by atoms with Crippen LogP contribution in [0.5, 0.6) is 11.5 Å². The summed E-state index contributed by atoms with van der Waals surface area (Å²) < 4.78 is 11.3. The van der Waals surface area contributed by atoms with Crippen LogP contribution < -0.4 is 9.47 Å². The molecule has 0 unspecified atom stereocenters. The van der Waals surface area contributed by atoms with Crippen LogP contribution in [0.15, 0.2) is 65.7 Å². The van der Waals surface area contributed by atoms with Crippen LogP contribution in [0.3, 0.4) is 0 Å². The second-order valence-corrected chi connectivity index (χ2v) is 6.76. The summed E-state index contributed by atoms with van der Waals surface area (Å²) in [5.74, 6) is 1.07. The molecule has 0 atom stereocenters. The summed E-state index contributed by atoms with van der Waals surface area (Å²) in [6.45, 7) is 2.34. The summed E-state index contributed by atoms with van der Waals surface area (Å²) in [7, 11) is 1.59. The van der Waals surface area contributed by atoms with Gasteiger partial charge in [-0.15, -0.1) is 0 Å². The average molecular weight is 400 g/mol. The number of aliphatic imine (C=N–C) groups is 1. The SMILES string of the molecule is COc1cc(C=Nc2cccc(Cl)c2C)cc(Cl)c1OCc1ccccc1. The highest BCUT2D eigenvalue weighted by molar-refractivity contribution is 6.32. The van der Waals surface area contributed by atoms with Crippen LogP contribution in [-0.4, -0.2) is 13.3 Å². The van der Waals surface area contributed by atoms with Crippen molar-refractivity contribution in [3.63, 3.8) is 0 Å². The maximum atomic E-state index is 6.43. The molecule has 0 saturated carbocycles. The monoisotopic (exact) mass is 399 g/mol. The van der Waals surface area contributed by atoms with E-state index in [1.807, 2.05) is 61.5 Å². The first-order valence-electron chi connectivity index (χ1n) is 8.42. The standard InChI is InChI=1S/C22H19Cl2NO2/c1-15-18(23)9-6-10-20(15)25-13-17-11-19(24)22(21(12-17)26-2)27-14-16-7-4-3-5-8-16/h3-13H,14H2,1-2H3. The Morgan fingerprint density at radius 1 is 0.963 bits per heavy atom. The molecule has 0 aliphatic heterocycles. The molecule has 0 spiro atoms. The molecule has 27 heavy (non-hydrogen) atoms. The summed E-state index contributed by atoms with van der Waals surface area (Å²) in [4.78, 5) is 4.51. The molecular formula is C22H19Cl2NO2. The lowest BCUT2D eigenvalue weighted by molar-refractivity contribution is 0.284. The van der Waals surface area contributed by atoms with E-state index in [1.165, 1.54) is 0 Å². The summed E-state index contributed by atoms with van der Waals surface area (Å²) in [5, 5.41) is 1.15. The minimum absolute atomic E-state index is 0.409. The molecule has 0 bridgehead atoms. The lowest BCUT2D eigenvalue weighted by Gasteiger charge is -2.13. The fourth-order valence-electron chi connectivity index (χ4n) is 2.56. The molecule has 0 fully saturated rings. The van der Waals surface area contributed by atoms with E-state index in [4.69, 9.17) is 32.7 Å². The Labute approximate surface area is 169 Å². The highest BCUT2D eigenvalue weighted by Gasteiger charge is 2.12. The molecule has 0 N–H and O–H groups in total. The van der Waals surface area contributed by atoms with Gasteiger partial charge >= 0.3 is 0 Å². The van der Waals surface area contributed by atoms with Gasteiger partial charge < -0.3 is 9.47 Å². The third-order valence-corrected chi connectivity index (χ3v) is 4.76. The fraction of sp³-hybridized carbons (Fsp3) is 0.136. The van der Waals surface area contributed by atoms with Gasteiger partial charge in [0.25, 0.3) is 0 Å². The van der Waals surface area contributed by atoms with Gasteiger partial charge in [0.05, 0.1) is 17.8 Å². The smallest absolute Gasteiger partial charge is 0.180 e. The number of rotatable bonds is 6. The Balaban J connectivity index is 1.83. The van der Waals surface area contributed by atoms with Crippen molar-refractivity contribution in [2.45, 2.75) is 13.5 Å². The minimum atomic E-state index is 0.409. The Kier molecular flexibility index (Phi) is 6.38. The number of nitrogens with zero attached hydrogens (tertiary/aromatic N) is 1. The minimum Gasteiger partial charge on any atom is -0.493 e. The lowest BCUT2D eigenvalue weighted by atomic mass is 10.2. The van der Waals surface area contributed by atoms with E-state index in [0.29, 0.717) is 28.2 Å². The van der Waals surface area contributed by atoms with E-state index in [9.17, 15) is 0 Å². The van der Waals surface area contributed by atoms with Crippen molar-refractivity contribution in [3.05, 3.63) is 87.4 Å². The van der Waals surface area contributed by atoms with Crippen LogP contribution in [0.25, 0.3) is 0 Å². The molecular weight excluding hydrogens is 381 g/mol. The number of methoxy groups -OCH3 is 1. The number of benzene rings is 3. The van der Waals surface area contributed by atoms with Gasteiger partial charge in [-0.1, -0.05) is 59.6 Å². The molecule has 3 aromatic carbocycles. The molecule has 3 nitrogen and oxygen atoms in total. The zero-order valence-corrected chi connectivity index (χ0v) is 16.6. The van der Waals surface area contributed by atoms with E-state index < -0.39 is 0 Å². The Morgan fingerprint density at radius 3 is 2.48 bits per heavy atom. The van der Waals surface area contributed by atoms with Crippen LogP contribution in [0, 0.1) is 6.92 Å². The predicted octanol–water partition coefficient (Wildman–Crippen LogP) is 6.64. The van der Waals surface area contributed by atoms with Crippen molar-refractivity contribution < 1.29 is 9.47 Å². The van der Waals surface area contributed by atoms with Gasteiger partial charge in [0.15, 0.2) is 11.5 Å². The van der Waals surface area contributed by atoms with Gasteiger partial charge in [-0.2, -0.15) is 0 Å². The van der Waals surface area contributed by atoms with Gasteiger partial charge in [-0.25, -0.2) is 0 Å². The fourth-order valence-corrected chi connectivity index (χ4v) is 3.01. The molecule has 0 amide bonds. The maximum Gasteiger partial charge on any atom is 0.180 e. The van der Waals surface area contributed by atoms with Crippen LogP contribution in [-0.2, 0) is 6.61 Å². The third kappa shape index (κ3) is 4.82. The Morgan fingerprint density at radius 2 is 1.74 bits per heavy atom. The van der Waals surface area contributed by atoms with Crippen molar-refractivity contribution in [1.82, 2.24) is 0 Å². The topological polar surface area (TPSA) is 30.8 Å². The van der Waals surface area contributed by atoms with Gasteiger partial charge in [-0.05, 0) is 47.9 Å². The van der Waals surface area contributed by atoms with Crippen LogP contribution in [0.4, 0.5) is 5.69 Å². The van der Waals surface area contributed by atoms with Crippen molar-refractivity contribution in [2.75, 3.05) is 7.11 Å². The quantitative estimate of drug-likeness (QED) is 0.434. The number of ether oxygens (including phenoxy) is 2. The van der Waals surface area contributed by atoms with Crippen molar-refractivity contribution in [2.24, 2.45) is 4.99 Å². The second kappa shape index (κ2) is 8.94. The van der Waals surface area contributed by atoms with Crippen molar-refractivity contribution >= 4 is 35.1 Å². The highest BCUT2D eigenvalue weighted by Crippen LogP contribution is 2.37. The maximum absolute atomic E-state index is 6.43. The first-order valence-corrected chi connectivity index (χ1v) is 9.17. The van der Waals surface area contributed by atoms with E-state index >= 15 is 0 Å². The van der Waals surface area contributed by atoms with Crippen LogP contribution in [0.1, 0.15) is 16.7 Å². The van der Waals surface area contributed by atoms with E-state index in [1.54, 1.807) is 19.4 Å². The molecule has 0 saturated heterocycles. The number of halogens is 2. The molecule has 0 heterocycles. The Bertz CT molecular complexity index is 956. The molecule has 3 aromatic rings. The van der Waals surface area contributed by atoms with Gasteiger partial charge in [0, 0.05) is 11.2 Å². The third-order valence-electron chi connectivity index (χ3n) is 4.07. The first kappa shape index (κ1) is 19.3. The summed E-state index contributed by atoms with van der Waals surface area (Å²) >= 11 is 12.6. The molecule has 3 rings (SSSR count). The summed E-state index contributed by atoms with van der Waals surface area (Å²) in [6, 6.07) is 19.2. The van der Waals surface area contributed by atoms with E-state index in [0.717, 1.165) is 22.4 Å². The van der Waals surface area contributed by atoms with E-state index in [2.05, 4.69) is 4.99 Å². The van der Waals surface area contributed by atoms with Crippen molar-refractivity contribution in [3.8, 4) is 11.5 Å². The summed E-state index contributed by atoms with van der Waals surface area (Å²) in [5.41, 5.74) is 3.60. The molecule has 0 aromatic heterocycles. The number of hydrogen-bond acceptors (Lipinski definition) is 3. The number of hydrogen-bond donors (Lipinski definition) is 0. The summed E-state index contributed by atoms with van der Waals surface area (Å²) in [6.07, 6.45) is 1.73. The zero-order valence-electron chi connectivity index (χ0n) is 15.1. The van der Waals surface area contributed by atoms with Crippen LogP contribution >= 0.6 is 23.2 Å². The van der Waals surface area contributed by atoms with Gasteiger partial charge in [0.1, 0.15) is 6.61 Å². The largest absolute Gasteiger partial charge is 0.493 e. The van der Waals surface area contributed by atoms with E-state index in [-0.39, 0.29) is 0 Å². The predicted molar refractivity (Wildman–Crippen MR) is 112 cm³/mol. The Hall–Kier alpha value is -2.49. The molecule has 0 aliphatic carbocycles.